The van der Waals surface area contributed by atoms with Gasteiger partial charge in [-0.3, -0.25) is 4.79 Å². The Bertz CT molecular complexity index is 529. The number of cyclic esters (lactones) is 1. The van der Waals surface area contributed by atoms with Gasteiger partial charge in [0, 0.05) is 11.3 Å². The van der Waals surface area contributed by atoms with Gasteiger partial charge in [0.2, 0.25) is 0 Å². The number of benzene rings is 1. The summed E-state index contributed by atoms with van der Waals surface area (Å²) in [4.78, 5) is 13.7. The molecule has 2 heterocycles. The van der Waals surface area contributed by atoms with Gasteiger partial charge in [-0.25, -0.2) is 0 Å². The van der Waals surface area contributed by atoms with Crippen molar-refractivity contribution in [3.8, 4) is 0 Å². The van der Waals surface area contributed by atoms with Crippen LogP contribution in [0.4, 0.5) is 0 Å². The summed E-state index contributed by atoms with van der Waals surface area (Å²) in [6.07, 6.45) is 9.66. The van der Waals surface area contributed by atoms with Crippen LogP contribution in [-0.4, -0.2) is 29.5 Å². The van der Waals surface area contributed by atoms with Gasteiger partial charge >= 0.3 is 5.97 Å². The molecule has 0 spiro atoms. The summed E-state index contributed by atoms with van der Waals surface area (Å²) in [6, 6.07) is 10.2. The molecule has 0 radical (unpaired) electrons. The number of unbranched alkanes of at least 4 members (excludes halogenated alkanes) is 4. The van der Waals surface area contributed by atoms with E-state index in [1.807, 2.05) is 25.1 Å². The maximum Gasteiger partial charge on any atom is 0.322 e. The van der Waals surface area contributed by atoms with Crippen LogP contribution in [0.25, 0.3) is 0 Å². The Hall–Kier alpha value is -1.00. The highest BCUT2D eigenvalue weighted by atomic mass is 32.2. The van der Waals surface area contributed by atoms with Crippen LogP contribution in [0, 0.1) is 0 Å². The molecule has 24 heavy (non-hydrogen) atoms. The number of carbonyl (C=O) groups excluding carboxylic acids is 1. The minimum atomic E-state index is -0.386. The minimum Gasteiger partial charge on any atom is -0.462 e. The van der Waals surface area contributed by atoms with E-state index in [1.165, 1.54) is 32.1 Å². The highest BCUT2D eigenvalue weighted by molar-refractivity contribution is 8.01. The topological polar surface area (TPSA) is 38.8 Å². The Morgan fingerprint density at radius 3 is 2.50 bits per heavy atom. The second-order valence-corrected chi connectivity index (χ2v) is 8.55. The molecule has 2 saturated heterocycles. The Morgan fingerprint density at radius 1 is 1.12 bits per heavy atom. The van der Waals surface area contributed by atoms with Crippen LogP contribution in [0.15, 0.2) is 35.2 Å². The molecule has 2 aliphatic rings. The Kier molecular flexibility index (Phi) is 6.23. The number of hydrogen-bond donors (Lipinski definition) is 0. The van der Waals surface area contributed by atoms with E-state index in [9.17, 15) is 4.79 Å². The molecule has 0 aliphatic carbocycles. The smallest absolute Gasteiger partial charge is 0.322 e. The summed E-state index contributed by atoms with van der Waals surface area (Å²) < 4.78 is 10.4. The normalized spacial score (nSPS) is 28.8. The number of carbonyl (C=O) groups is 1. The first-order valence-corrected chi connectivity index (χ1v) is 10.1. The van der Waals surface area contributed by atoms with E-state index >= 15 is 0 Å². The first kappa shape index (κ1) is 17.8. The Morgan fingerprint density at radius 2 is 1.83 bits per heavy atom. The molecule has 1 aromatic carbocycles. The lowest BCUT2D eigenvalue weighted by atomic mass is 9.96. The molecule has 2 fully saturated rings. The number of ether oxygens (including phenoxy) is 2. The van der Waals surface area contributed by atoms with Crippen molar-refractivity contribution in [3.05, 3.63) is 30.3 Å². The van der Waals surface area contributed by atoms with Crippen LogP contribution in [0.5, 0.6) is 0 Å². The van der Waals surface area contributed by atoms with E-state index in [-0.39, 0.29) is 16.8 Å². The van der Waals surface area contributed by atoms with Crippen LogP contribution in [0.2, 0.25) is 0 Å². The van der Waals surface area contributed by atoms with Crippen molar-refractivity contribution in [2.45, 2.75) is 80.1 Å². The molecule has 3 atom stereocenters. The monoisotopic (exact) mass is 348 g/mol. The fourth-order valence-electron chi connectivity index (χ4n) is 3.48. The number of epoxide rings is 1. The highest BCUT2D eigenvalue weighted by Gasteiger charge is 2.48. The summed E-state index contributed by atoms with van der Waals surface area (Å²) in [5.41, 5.74) is 0. The summed E-state index contributed by atoms with van der Waals surface area (Å²) in [5, 5.41) is 0. The predicted molar refractivity (Wildman–Crippen MR) is 97.3 cm³/mol. The van der Waals surface area contributed by atoms with Crippen molar-refractivity contribution < 1.29 is 14.3 Å². The van der Waals surface area contributed by atoms with Crippen LogP contribution < -0.4 is 0 Å². The van der Waals surface area contributed by atoms with Gasteiger partial charge in [0.1, 0.15) is 10.9 Å². The van der Waals surface area contributed by atoms with Crippen LogP contribution in [0.1, 0.15) is 58.3 Å². The first-order chi connectivity index (χ1) is 11.7. The number of esters is 1. The number of thioether (sulfide) groups is 1. The van der Waals surface area contributed by atoms with Crippen LogP contribution in [-0.2, 0) is 14.3 Å². The second kappa shape index (κ2) is 8.39. The maximum absolute atomic E-state index is 12.5. The molecule has 1 aromatic rings. The summed E-state index contributed by atoms with van der Waals surface area (Å²) in [5.74, 6) is -0.0188. The molecule has 0 bridgehead atoms. The Balaban J connectivity index is 1.46. The minimum absolute atomic E-state index is 0.0188. The summed E-state index contributed by atoms with van der Waals surface area (Å²) in [7, 11) is 0. The van der Waals surface area contributed by atoms with E-state index in [0.29, 0.717) is 6.10 Å². The van der Waals surface area contributed by atoms with E-state index in [2.05, 4.69) is 12.1 Å². The summed E-state index contributed by atoms with van der Waals surface area (Å²) >= 11 is 1.70. The molecule has 0 amide bonds. The standard InChI is InChI=1S/C20H28O3S/c1-16-14-20(19(21)23-16,24-18-11-7-5-8-12-18)13-9-4-2-3-6-10-17-15-22-17/h5,7-8,11-12,16-17H,2-4,6,9-10,13-15H2,1H3/t16-,17-,20?/m0/s1. The molecule has 3 rings (SSSR count). The van der Waals surface area contributed by atoms with Gasteiger partial charge in [-0.1, -0.05) is 50.3 Å². The number of rotatable bonds is 10. The highest BCUT2D eigenvalue weighted by Crippen LogP contribution is 2.45. The second-order valence-electron chi connectivity index (χ2n) is 7.09. The predicted octanol–water partition coefficient (Wildman–Crippen LogP) is 4.98. The van der Waals surface area contributed by atoms with Gasteiger partial charge in [-0.05, 0) is 31.9 Å². The van der Waals surface area contributed by atoms with Crippen molar-refractivity contribution in [1.82, 2.24) is 0 Å². The van der Waals surface area contributed by atoms with E-state index < -0.39 is 0 Å². The molecule has 4 heteroatoms. The van der Waals surface area contributed by atoms with E-state index in [1.54, 1.807) is 11.8 Å². The zero-order valence-corrected chi connectivity index (χ0v) is 15.4. The number of hydrogen-bond acceptors (Lipinski definition) is 4. The molecule has 0 N–H and O–H groups in total. The van der Waals surface area contributed by atoms with E-state index in [0.717, 1.165) is 30.8 Å². The lowest BCUT2D eigenvalue weighted by Gasteiger charge is -2.24. The van der Waals surface area contributed by atoms with Gasteiger partial charge in [0.25, 0.3) is 0 Å². The molecular weight excluding hydrogens is 320 g/mol. The van der Waals surface area contributed by atoms with Gasteiger partial charge in [-0.2, -0.15) is 0 Å². The van der Waals surface area contributed by atoms with Crippen LogP contribution in [0.3, 0.4) is 0 Å². The van der Waals surface area contributed by atoms with Gasteiger partial charge in [0.05, 0.1) is 12.7 Å². The molecule has 0 saturated carbocycles. The molecule has 2 aliphatic heterocycles. The lowest BCUT2D eigenvalue weighted by molar-refractivity contribution is -0.142. The lowest BCUT2D eigenvalue weighted by Crippen LogP contribution is -2.30. The maximum atomic E-state index is 12.5. The molecule has 3 nitrogen and oxygen atoms in total. The van der Waals surface area contributed by atoms with Crippen molar-refractivity contribution >= 4 is 17.7 Å². The molecular formula is C20H28O3S. The fraction of sp³-hybridized carbons (Fsp3) is 0.650. The Labute approximate surface area is 149 Å². The third kappa shape index (κ3) is 5.00. The third-order valence-corrected chi connectivity index (χ3v) is 6.30. The van der Waals surface area contributed by atoms with Crippen molar-refractivity contribution in [2.24, 2.45) is 0 Å². The van der Waals surface area contributed by atoms with Crippen molar-refractivity contribution in [1.29, 1.82) is 0 Å². The largest absolute Gasteiger partial charge is 0.462 e. The zero-order chi connectivity index (χ0) is 16.8. The third-order valence-electron chi connectivity index (χ3n) is 4.86. The SMILES string of the molecule is C[C@H]1CC(CCCCCCC[C@H]2CO2)(Sc2ccccc2)C(=O)O1. The average Bonchev–Trinajstić information content (AvgIpc) is 3.34. The van der Waals surface area contributed by atoms with Gasteiger partial charge in [0.15, 0.2) is 0 Å². The fourth-order valence-corrected chi connectivity index (χ4v) is 4.92. The van der Waals surface area contributed by atoms with Crippen LogP contribution >= 0.6 is 11.8 Å². The first-order valence-electron chi connectivity index (χ1n) is 9.25. The quantitative estimate of drug-likeness (QED) is 0.339. The zero-order valence-electron chi connectivity index (χ0n) is 14.5. The van der Waals surface area contributed by atoms with Crippen molar-refractivity contribution in [2.75, 3.05) is 6.61 Å². The van der Waals surface area contributed by atoms with Gasteiger partial charge < -0.3 is 9.47 Å². The molecule has 1 unspecified atom stereocenters. The summed E-state index contributed by atoms with van der Waals surface area (Å²) in [6.45, 7) is 2.98. The van der Waals surface area contributed by atoms with Gasteiger partial charge in [-0.15, -0.1) is 11.8 Å². The van der Waals surface area contributed by atoms with E-state index in [4.69, 9.17) is 9.47 Å². The molecule has 132 valence electrons. The average molecular weight is 349 g/mol. The molecule has 0 aromatic heterocycles. The van der Waals surface area contributed by atoms with Crippen molar-refractivity contribution in [3.63, 3.8) is 0 Å².